The first kappa shape index (κ1) is 15.5. The highest BCUT2D eigenvalue weighted by Gasteiger charge is 2.03. The van der Waals surface area contributed by atoms with E-state index < -0.39 is 0 Å². The van der Waals surface area contributed by atoms with E-state index in [0.29, 0.717) is 6.61 Å². The highest BCUT2D eigenvalue weighted by atomic mass is 32.1. The number of rotatable bonds is 6. The second-order valence-electron chi connectivity index (χ2n) is 5.25. The van der Waals surface area contributed by atoms with Crippen LogP contribution in [0.25, 0.3) is 10.2 Å². The lowest BCUT2D eigenvalue weighted by Gasteiger charge is -2.05. The SMILES string of the molecule is CC(=O)OCCc1ccc(CNc2nc3ccccc3s2)cc1. The van der Waals surface area contributed by atoms with E-state index in [1.54, 1.807) is 11.3 Å². The summed E-state index contributed by atoms with van der Waals surface area (Å²) in [5.74, 6) is -0.235. The van der Waals surface area contributed by atoms with Crippen LogP contribution in [0.3, 0.4) is 0 Å². The molecule has 0 unspecified atom stereocenters. The number of aromatic nitrogens is 1. The van der Waals surface area contributed by atoms with Crippen LogP contribution >= 0.6 is 11.3 Å². The highest BCUT2D eigenvalue weighted by Crippen LogP contribution is 2.25. The number of anilines is 1. The van der Waals surface area contributed by atoms with E-state index in [1.165, 1.54) is 17.2 Å². The van der Waals surface area contributed by atoms with E-state index in [2.05, 4.69) is 40.6 Å². The van der Waals surface area contributed by atoms with E-state index in [-0.39, 0.29) is 5.97 Å². The van der Waals surface area contributed by atoms with Crippen molar-refractivity contribution in [1.29, 1.82) is 0 Å². The molecule has 0 spiro atoms. The van der Waals surface area contributed by atoms with Crippen molar-refractivity contribution in [3.05, 3.63) is 59.7 Å². The van der Waals surface area contributed by atoms with Gasteiger partial charge in [0, 0.05) is 19.9 Å². The first-order chi connectivity index (χ1) is 11.2. The lowest BCUT2D eigenvalue weighted by Crippen LogP contribution is -2.03. The van der Waals surface area contributed by atoms with Gasteiger partial charge in [0.15, 0.2) is 5.13 Å². The molecule has 0 bridgehead atoms. The van der Waals surface area contributed by atoms with Crippen LogP contribution in [0.5, 0.6) is 0 Å². The molecule has 1 heterocycles. The number of nitrogens with zero attached hydrogens (tertiary/aromatic N) is 1. The highest BCUT2D eigenvalue weighted by molar-refractivity contribution is 7.22. The van der Waals surface area contributed by atoms with Gasteiger partial charge in [-0.15, -0.1) is 0 Å². The van der Waals surface area contributed by atoms with E-state index in [9.17, 15) is 4.79 Å². The number of hydrogen-bond donors (Lipinski definition) is 1. The molecule has 0 aliphatic rings. The minimum Gasteiger partial charge on any atom is -0.466 e. The second kappa shape index (κ2) is 7.24. The van der Waals surface area contributed by atoms with Gasteiger partial charge in [0.25, 0.3) is 0 Å². The maximum Gasteiger partial charge on any atom is 0.302 e. The number of hydrogen-bond acceptors (Lipinski definition) is 5. The first-order valence-corrected chi connectivity index (χ1v) is 8.33. The van der Waals surface area contributed by atoms with E-state index >= 15 is 0 Å². The molecule has 0 aliphatic heterocycles. The largest absolute Gasteiger partial charge is 0.466 e. The Labute approximate surface area is 139 Å². The zero-order valence-corrected chi connectivity index (χ0v) is 13.7. The Morgan fingerprint density at radius 2 is 1.87 bits per heavy atom. The summed E-state index contributed by atoms with van der Waals surface area (Å²) in [6.45, 7) is 2.60. The Kier molecular flexibility index (Phi) is 4.88. The lowest BCUT2D eigenvalue weighted by atomic mass is 10.1. The Bertz CT molecular complexity index is 763. The summed E-state index contributed by atoms with van der Waals surface area (Å²) in [5.41, 5.74) is 3.39. The minimum atomic E-state index is -0.235. The van der Waals surface area contributed by atoms with E-state index in [1.807, 2.05) is 18.2 Å². The molecule has 0 amide bonds. The average molecular weight is 326 g/mol. The number of ether oxygens (including phenoxy) is 1. The molecular formula is C18H18N2O2S. The summed E-state index contributed by atoms with van der Waals surface area (Å²) < 4.78 is 6.14. The van der Waals surface area contributed by atoms with E-state index in [4.69, 9.17) is 4.74 Å². The summed E-state index contributed by atoms with van der Waals surface area (Å²) in [6, 6.07) is 16.4. The first-order valence-electron chi connectivity index (χ1n) is 7.51. The van der Waals surface area contributed by atoms with Gasteiger partial charge in [-0.2, -0.15) is 0 Å². The van der Waals surface area contributed by atoms with Gasteiger partial charge in [-0.25, -0.2) is 4.98 Å². The predicted octanol–water partition coefficient (Wildman–Crippen LogP) is 4.01. The lowest BCUT2D eigenvalue weighted by molar-refractivity contribution is -0.140. The molecule has 5 heteroatoms. The van der Waals surface area contributed by atoms with Crippen LogP contribution in [0, 0.1) is 0 Å². The third-order valence-electron chi connectivity index (χ3n) is 3.46. The zero-order chi connectivity index (χ0) is 16.1. The minimum absolute atomic E-state index is 0.235. The molecule has 0 fully saturated rings. The van der Waals surface area contributed by atoms with Crippen molar-refractivity contribution >= 4 is 32.7 Å². The van der Waals surface area contributed by atoms with Gasteiger partial charge in [0.05, 0.1) is 16.8 Å². The predicted molar refractivity (Wildman–Crippen MR) is 93.7 cm³/mol. The number of carbonyl (C=O) groups is 1. The standard InChI is InChI=1S/C18H18N2O2S/c1-13(21)22-11-10-14-6-8-15(9-7-14)12-19-18-20-16-4-2-3-5-17(16)23-18/h2-9H,10-12H2,1H3,(H,19,20). The molecule has 0 saturated heterocycles. The van der Waals surface area contributed by atoms with Crippen LogP contribution in [0.15, 0.2) is 48.5 Å². The Morgan fingerprint density at radius 3 is 2.61 bits per heavy atom. The molecule has 23 heavy (non-hydrogen) atoms. The van der Waals surface area contributed by atoms with Crippen molar-refractivity contribution in [2.24, 2.45) is 0 Å². The fraction of sp³-hybridized carbons (Fsp3) is 0.222. The van der Waals surface area contributed by atoms with Gasteiger partial charge in [-0.1, -0.05) is 47.7 Å². The fourth-order valence-corrected chi connectivity index (χ4v) is 3.12. The molecular weight excluding hydrogens is 308 g/mol. The van der Waals surface area contributed by atoms with Crippen LogP contribution < -0.4 is 5.32 Å². The third-order valence-corrected chi connectivity index (χ3v) is 4.45. The smallest absolute Gasteiger partial charge is 0.302 e. The van der Waals surface area contributed by atoms with Crippen molar-refractivity contribution in [2.45, 2.75) is 19.9 Å². The molecule has 0 atom stereocenters. The van der Waals surface area contributed by atoms with Crippen molar-refractivity contribution in [3.8, 4) is 0 Å². The molecule has 0 aliphatic carbocycles. The Balaban J connectivity index is 1.54. The fourth-order valence-electron chi connectivity index (χ4n) is 2.26. The van der Waals surface area contributed by atoms with Crippen molar-refractivity contribution in [2.75, 3.05) is 11.9 Å². The normalized spacial score (nSPS) is 10.7. The summed E-state index contributed by atoms with van der Waals surface area (Å²) >= 11 is 1.66. The number of para-hydroxylation sites is 1. The molecule has 1 N–H and O–H groups in total. The number of nitrogens with one attached hydrogen (secondary N) is 1. The van der Waals surface area contributed by atoms with Gasteiger partial charge < -0.3 is 10.1 Å². The maximum absolute atomic E-state index is 10.7. The average Bonchev–Trinajstić information content (AvgIpc) is 2.97. The topological polar surface area (TPSA) is 51.2 Å². The number of benzene rings is 2. The number of esters is 1. The molecule has 2 aromatic carbocycles. The number of carbonyl (C=O) groups excluding carboxylic acids is 1. The van der Waals surface area contributed by atoms with Gasteiger partial charge in [-0.05, 0) is 23.3 Å². The molecule has 3 aromatic rings. The Hall–Kier alpha value is -2.40. The quantitative estimate of drug-likeness (QED) is 0.695. The number of thiazole rings is 1. The molecule has 3 rings (SSSR count). The van der Waals surface area contributed by atoms with Crippen molar-refractivity contribution in [3.63, 3.8) is 0 Å². The van der Waals surface area contributed by atoms with Crippen LogP contribution in [0.2, 0.25) is 0 Å². The van der Waals surface area contributed by atoms with Crippen LogP contribution in [0.4, 0.5) is 5.13 Å². The van der Waals surface area contributed by atoms with Crippen molar-refractivity contribution in [1.82, 2.24) is 4.98 Å². The number of fused-ring (bicyclic) bond motifs is 1. The van der Waals surface area contributed by atoms with Crippen LogP contribution in [0.1, 0.15) is 18.1 Å². The van der Waals surface area contributed by atoms with E-state index in [0.717, 1.165) is 29.2 Å². The van der Waals surface area contributed by atoms with Gasteiger partial charge in [0.1, 0.15) is 0 Å². The van der Waals surface area contributed by atoms with Gasteiger partial charge in [0.2, 0.25) is 0 Å². The second-order valence-corrected chi connectivity index (χ2v) is 6.28. The van der Waals surface area contributed by atoms with Crippen LogP contribution in [-0.2, 0) is 22.5 Å². The monoisotopic (exact) mass is 326 g/mol. The molecule has 1 aromatic heterocycles. The van der Waals surface area contributed by atoms with Gasteiger partial charge >= 0.3 is 5.97 Å². The van der Waals surface area contributed by atoms with Crippen molar-refractivity contribution < 1.29 is 9.53 Å². The molecule has 118 valence electrons. The zero-order valence-electron chi connectivity index (χ0n) is 12.9. The summed E-state index contributed by atoms with van der Waals surface area (Å²) in [7, 11) is 0. The Morgan fingerprint density at radius 1 is 1.13 bits per heavy atom. The molecule has 0 saturated carbocycles. The third kappa shape index (κ3) is 4.29. The molecule has 0 radical (unpaired) electrons. The van der Waals surface area contributed by atoms with Gasteiger partial charge in [-0.3, -0.25) is 4.79 Å². The maximum atomic E-state index is 10.7. The van der Waals surface area contributed by atoms with Crippen LogP contribution in [-0.4, -0.2) is 17.6 Å². The summed E-state index contributed by atoms with van der Waals surface area (Å²) in [6.07, 6.45) is 0.741. The molecule has 4 nitrogen and oxygen atoms in total. The summed E-state index contributed by atoms with van der Waals surface area (Å²) in [5, 5.41) is 4.30. The summed E-state index contributed by atoms with van der Waals surface area (Å²) in [4.78, 5) is 15.3.